The van der Waals surface area contributed by atoms with Crippen molar-refractivity contribution in [2.75, 3.05) is 48.8 Å². The summed E-state index contributed by atoms with van der Waals surface area (Å²) in [5.41, 5.74) is 2.88. The van der Waals surface area contributed by atoms with Gasteiger partial charge >= 0.3 is 0 Å². The lowest BCUT2D eigenvalue weighted by molar-refractivity contribution is -0.116. The van der Waals surface area contributed by atoms with Gasteiger partial charge in [0.15, 0.2) is 0 Å². The lowest BCUT2D eigenvalue weighted by atomic mass is 10.1. The first-order chi connectivity index (χ1) is 13.9. The van der Waals surface area contributed by atoms with Crippen molar-refractivity contribution in [3.8, 4) is 0 Å². The number of piperazine rings is 1. The maximum Gasteiger partial charge on any atom is 0.257 e. The van der Waals surface area contributed by atoms with Gasteiger partial charge < -0.3 is 20.4 Å². The summed E-state index contributed by atoms with van der Waals surface area (Å²) in [5.74, 6) is -0.0654. The van der Waals surface area contributed by atoms with Crippen LogP contribution in [0.3, 0.4) is 0 Å². The summed E-state index contributed by atoms with van der Waals surface area (Å²) in [4.78, 5) is 29.6. The van der Waals surface area contributed by atoms with Crippen LogP contribution in [-0.4, -0.2) is 49.9 Å². The van der Waals surface area contributed by atoms with Gasteiger partial charge in [-0.3, -0.25) is 9.59 Å². The van der Waals surface area contributed by atoms with Crippen LogP contribution in [0.5, 0.6) is 0 Å². The maximum atomic E-state index is 12.8. The van der Waals surface area contributed by atoms with Gasteiger partial charge in [-0.1, -0.05) is 26.0 Å². The molecule has 0 saturated carbocycles. The van der Waals surface area contributed by atoms with Crippen LogP contribution in [-0.2, 0) is 4.79 Å². The Morgan fingerprint density at radius 3 is 2.24 bits per heavy atom. The molecule has 1 heterocycles. The molecule has 1 aliphatic rings. The number of nitrogens with zero attached hydrogens (tertiary/aromatic N) is 2. The molecule has 0 unspecified atom stereocenters. The minimum absolute atomic E-state index is 0.0863. The van der Waals surface area contributed by atoms with Crippen LogP contribution in [0.15, 0.2) is 48.5 Å². The molecule has 0 atom stereocenters. The van der Waals surface area contributed by atoms with Crippen molar-refractivity contribution in [3.63, 3.8) is 0 Å². The number of amides is 2. The molecule has 154 valence electrons. The number of likely N-dealkylation sites (N-methyl/N-ethyl adjacent to an activating group) is 1. The van der Waals surface area contributed by atoms with Gasteiger partial charge in [-0.05, 0) is 49.4 Å². The molecule has 2 N–H and O–H groups in total. The minimum Gasteiger partial charge on any atom is -0.369 e. The highest BCUT2D eigenvalue weighted by Crippen LogP contribution is 2.22. The van der Waals surface area contributed by atoms with Gasteiger partial charge in [0.05, 0.1) is 11.3 Å². The number of hydrogen-bond acceptors (Lipinski definition) is 4. The van der Waals surface area contributed by atoms with Gasteiger partial charge in [-0.15, -0.1) is 0 Å². The summed E-state index contributed by atoms with van der Waals surface area (Å²) < 4.78 is 0. The summed E-state index contributed by atoms with van der Waals surface area (Å²) in [7, 11) is 2.14. The van der Waals surface area contributed by atoms with Crippen LogP contribution < -0.4 is 15.5 Å². The molecule has 1 saturated heterocycles. The number of benzene rings is 2. The lowest BCUT2D eigenvalue weighted by Crippen LogP contribution is -2.44. The summed E-state index contributed by atoms with van der Waals surface area (Å²) in [6.07, 6.45) is 0.420. The first-order valence-electron chi connectivity index (χ1n) is 10.2. The van der Waals surface area contributed by atoms with Crippen molar-refractivity contribution in [2.45, 2.75) is 20.3 Å². The number of rotatable bonds is 6. The maximum absolute atomic E-state index is 12.8. The molecule has 1 fully saturated rings. The van der Waals surface area contributed by atoms with Crippen LogP contribution in [0.25, 0.3) is 0 Å². The van der Waals surface area contributed by atoms with E-state index in [2.05, 4.69) is 27.5 Å². The Morgan fingerprint density at radius 2 is 1.59 bits per heavy atom. The van der Waals surface area contributed by atoms with Gasteiger partial charge in [0.2, 0.25) is 5.91 Å². The Kier molecular flexibility index (Phi) is 6.88. The van der Waals surface area contributed by atoms with Crippen molar-refractivity contribution in [1.82, 2.24) is 4.90 Å². The molecule has 0 bridgehead atoms. The van der Waals surface area contributed by atoms with Crippen molar-refractivity contribution in [1.29, 1.82) is 0 Å². The molecular formula is C23H30N4O2. The second-order valence-electron chi connectivity index (χ2n) is 7.98. The fourth-order valence-corrected chi connectivity index (χ4v) is 3.38. The summed E-state index contributed by atoms with van der Waals surface area (Å²) in [5, 5.41) is 5.79. The van der Waals surface area contributed by atoms with Crippen LogP contribution >= 0.6 is 0 Å². The van der Waals surface area contributed by atoms with Crippen molar-refractivity contribution in [2.24, 2.45) is 5.92 Å². The van der Waals surface area contributed by atoms with Gasteiger partial charge in [0.25, 0.3) is 5.91 Å². The largest absolute Gasteiger partial charge is 0.369 e. The smallest absolute Gasteiger partial charge is 0.257 e. The van der Waals surface area contributed by atoms with Gasteiger partial charge in [-0.2, -0.15) is 0 Å². The molecule has 6 heteroatoms. The quantitative estimate of drug-likeness (QED) is 0.785. The average Bonchev–Trinajstić information content (AvgIpc) is 2.69. The highest BCUT2D eigenvalue weighted by molar-refractivity contribution is 6.10. The Bertz CT molecular complexity index is 840. The average molecular weight is 395 g/mol. The standard InChI is InChI=1S/C23H30N4O2/c1-17(2)16-22(28)25-21-7-5-4-6-20(21)23(29)24-18-8-10-19(11-9-18)27-14-12-26(3)13-15-27/h4-11,17H,12-16H2,1-3H3,(H,24,29)(H,25,28). The molecule has 29 heavy (non-hydrogen) atoms. The zero-order valence-electron chi connectivity index (χ0n) is 17.4. The number of hydrogen-bond donors (Lipinski definition) is 2. The van der Waals surface area contributed by atoms with Crippen LogP contribution in [0.1, 0.15) is 30.6 Å². The van der Waals surface area contributed by atoms with E-state index in [0.717, 1.165) is 37.6 Å². The molecule has 0 aromatic heterocycles. The van der Waals surface area contributed by atoms with E-state index in [1.54, 1.807) is 18.2 Å². The number of anilines is 3. The summed E-state index contributed by atoms with van der Waals surface area (Å²) >= 11 is 0. The Morgan fingerprint density at radius 1 is 0.931 bits per heavy atom. The number of carbonyl (C=O) groups excluding carboxylic acids is 2. The van der Waals surface area contributed by atoms with Crippen LogP contribution in [0.2, 0.25) is 0 Å². The van der Waals surface area contributed by atoms with E-state index in [-0.39, 0.29) is 17.7 Å². The molecule has 2 aromatic carbocycles. The van der Waals surface area contributed by atoms with E-state index in [1.165, 1.54) is 0 Å². The molecule has 2 amide bonds. The number of para-hydroxylation sites is 1. The van der Waals surface area contributed by atoms with Crippen molar-refractivity contribution >= 4 is 28.9 Å². The minimum atomic E-state index is -0.238. The molecule has 2 aromatic rings. The first-order valence-corrected chi connectivity index (χ1v) is 10.2. The molecule has 0 radical (unpaired) electrons. The van der Waals surface area contributed by atoms with Gasteiger partial charge in [0, 0.05) is 44.0 Å². The van der Waals surface area contributed by atoms with Gasteiger partial charge in [-0.25, -0.2) is 0 Å². The Hall–Kier alpha value is -2.86. The number of nitrogens with one attached hydrogen (secondary N) is 2. The predicted molar refractivity (Wildman–Crippen MR) is 119 cm³/mol. The second kappa shape index (κ2) is 9.56. The summed E-state index contributed by atoms with van der Waals surface area (Å²) in [6.45, 7) is 8.10. The lowest BCUT2D eigenvalue weighted by Gasteiger charge is -2.34. The van der Waals surface area contributed by atoms with Crippen molar-refractivity contribution in [3.05, 3.63) is 54.1 Å². The molecule has 3 rings (SSSR count). The topological polar surface area (TPSA) is 64.7 Å². The Labute approximate surface area is 172 Å². The zero-order valence-corrected chi connectivity index (χ0v) is 17.4. The van der Waals surface area contributed by atoms with E-state index >= 15 is 0 Å². The fraction of sp³-hybridized carbons (Fsp3) is 0.391. The molecule has 6 nitrogen and oxygen atoms in total. The first kappa shape index (κ1) is 20.9. The fourth-order valence-electron chi connectivity index (χ4n) is 3.38. The van der Waals surface area contributed by atoms with E-state index in [4.69, 9.17) is 0 Å². The molecule has 1 aliphatic heterocycles. The van der Waals surface area contributed by atoms with Crippen molar-refractivity contribution < 1.29 is 9.59 Å². The monoisotopic (exact) mass is 394 g/mol. The summed E-state index contributed by atoms with van der Waals surface area (Å²) in [6, 6.07) is 15.0. The Balaban J connectivity index is 1.65. The SMILES string of the molecule is CC(C)CC(=O)Nc1ccccc1C(=O)Nc1ccc(N2CCN(C)CC2)cc1. The third-order valence-electron chi connectivity index (χ3n) is 5.03. The van der Waals surface area contributed by atoms with E-state index < -0.39 is 0 Å². The molecule has 0 aliphatic carbocycles. The van der Waals surface area contributed by atoms with E-state index in [1.807, 2.05) is 44.2 Å². The highest BCUT2D eigenvalue weighted by Gasteiger charge is 2.16. The van der Waals surface area contributed by atoms with E-state index in [9.17, 15) is 9.59 Å². The second-order valence-corrected chi connectivity index (χ2v) is 7.98. The molecule has 0 spiro atoms. The molecular weight excluding hydrogens is 364 g/mol. The predicted octanol–water partition coefficient (Wildman–Crippen LogP) is 3.68. The van der Waals surface area contributed by atoms with Gasteiger partial charge in [0.1, 0.15) is 0 Å². The van der Waals surface area contributed by atoms with E-state index in [0.29, 0.717) is 17.7 Å². The number of carbonyl (C=O) groups is 2. The normalized spacial score (nSPS) is 14.7. The highest BCUT2D eigenvalue weighted by atomic mass is 16.2. The third kappa shape index (κ3) is 5.81. The van der Waals surface area contributed by atoms with Crippen LogP contribution in [0.4, 0.5) is 17.1 Å². The van der Waals surface area contributed by atoms with Crippen LogP contribution in [0, 0.1) is 5.92 Å². The third-order valence-corrected chi connectivity index (χ3v) is 5.03. The zero-order chi connectivity index (χ0) is 20.8.